The first-order chi connectivity index (χ1) is 7.66. The lowest BCUT2D eigenvalue weighted by molar-refractivity contribution is 0.490. The van der Waals surface area contributed by atoms with E-state index in [1.54, 1.807) is 17.8 Å². The van der Waals surface area contributed by atoms with Crippen LogP contribution in [0.3, 0.4) is 0 Å². The van der Waals surface area contributed by atoms with Crippen LogP contribution < -0.4 is 11.4 Å². The van der Waals surface area contributed by atoms with Gasteiger partial charge in [-0.25, -0.2) is 9.48 Å². The maximum atomic E-state index is 11.4. The number of aromatic nitrogens is 5. The quantitative estimate of drug-likeness (QED) is 0.752. The molecule has 2 aromatic rings. The van der Waals surface area contributed by atoms with Gasteiger partial charge in [-0.05, 0) is 12.5 Å². The van der Waals surface area contributed by atoms with E-state index in [1.165, 1.54) is 15.6 Å². The van der Waals surface area contributed by atoms with Crippen LogP contribution in [0, 0.1) is 0 Å². The van der Waals surface area contributed by atoms with Crippen LogP contribution in [0.1, 0.15) is 6.42 Å². The molecule has 16 heavy (non-hydrogen) atoms. The summed E-state index contributed by atoms with van der Waals surface area (Å²) in [6, 6.07) is 1.74. The van der Waals surface area contributed by atoms with E-state index in [4.69, 9.17) is 5.73 Å². The summed E-state index contributed by atoms with van der Waals surface area (Å²) in [6.07, 6.45) is 4.11. The molecule has 7 heteroatoms. The van der Waals surface area contributed by atoms with Gasteiger partial charge in [0.15, 0.2) is 0 Å². The first-order valence-electron chi connectivity index (χ1n) is 5.04. The number of hydrogen-bond donors (Lipinski definition) is 1. The number of aryl methyl sites for hydroxylation is 3. The highest BCUT2D eigenvalue weighted by Crippen LogP contribution is 1.97. The van der Waals surface area contributed by atoms with E-state index < -0.39 is 0 Å². The summed E-state index contributed by atoms with van der Waals surface area (Å²) in [4.78, 5) is 11.4. The minimum absolute atomic E-state index is 0.0972. The van der Waals surface area contributed by atoms with Crippen molar-refractivity contribution in [3.63, 3.8) is 0 Å². The van der Waals surface area contributed by atoms with Gasteiger partial charge in [-0.2, -0.15) is 10.2 Å². The lowest BCUT2D eigenvalue weighted by Crippen LogP contribution is -2.23. The van der Waals surface area contributed by atoms with Crippen molar-refractivity contribution in [3.8, 4) is 0 Å². The van der Waals surface area contributed by atoms with E-state index in [9.17, 15) is 4.79 Å². The van der Waals surface area contributed by atoms with Gasteiger partial charge in [-0.1, -0.05) is 0 Å². The summed E-state index contributed by atoms with van der Waals surface area (Å²) in [5.74, 6) is 0.509. The molecule has 0 aliphatic carbocycles. The SMILES string of the molecule is Cn1cnn(CCCn2ccc(N)n2)c1=O. The molecule has 2 N–H and O–H groups in total. The van der Waals surface area contributed by atoms with Crippen LogP contribution in [0.5, 0.6) is 0 Å². The third-order valence-electron chi connectivity index (χ3n) is 2.31. The normalized spacial score (nSPS) is 10.8. The Morgan fingerprint density at radius 1 is 1.44 bits per heavy atom. The maximum absolute atomic E-state index is 11.4. The van der Waals surface area contributed by atoms with Crippen molar-refractivity contribution in [3.05, 3.63) is 29.1 Å². The van der Waals surface area contributed by atoms with Gasteiger partial charge in [0, 0.05) is 26.3 Å². The van der Waals surface area contributed by atoms with Crippen LogP contribution >= 0.6 is 0 Å². The number of nitrogens with two attached hydrogens (primary N) is 1. The molecule has 0 bridgehead atoms. The van der Waals surface area contributed by atoms with Crippen LogP contribution in [0.2, 0.25) is 0 Å². The molecule has 0 aromatic carbocycles. The molecular weight excluding hydrogens is 208 g/mol. The fraction of sp³-hybridized carbons (Fsp3) is 0.444. The van der Waals surface area contributed by atoms with Crippen molar-refractivity contribution in [2.75, 3.05) is 5.73 Å². The van der Waals surface area contributed by atoms with Gasteiger partial charge in [0.05, 0.1) is 0 Å². The van der Waals surface area contributed by atoms with Gasteiger partial charge in [0.2, 0.25) is 0 Å². The molecule has 0 saturated carbocycles. The lowest BCUT2D eigenvalue weighted by atomic mass is 10.4. The molecule has 0 atom stereocenters. The van der Waals surface area contributed by atoms with E-state index in [1.807, 2.05) is 6.20 Å². The molecule has 2 rings (SSSR count). The molecule has 0 unspecified atom stereocenters. The topological polar surface area (TPSA) is 83.7 Å². The molecule has 2 heterocycles. The zero-order chi connectivity index (χ0) is 11.5. The predicted octanol–water partition coefficient (Wildman–Crippen LogP) is -0.549. The van der Waals surface area contributed by atoms with E-state index in [0.29, 0.717) is 12.4 Å². The molecule has 86 valence electrons. The molecule has 0 aliphatic rings. The van der Waals surface area contributed by atoms with Crippen molar-refractivity contribution in [2.45, 2.75) is 19.5 Å². The third-order valence-corrected chi connectivity index (χ3v) is 2.31. The zero-order valence-electron chi connectivity index (χ0n) is 9.08. The van der Waals surface area contributed by atoms with Crippen molar-refractivity contribution in [2.24, 2.45) is 7.05 Å². The van der Waals surface area contributed by atoms with Crippen molar-refractivity contribution < 1.29 is 0 Å². The average Bonchev–Trinajstić information content (AvgIpc) is 2.79. The first-order valence-corrected chi connectivity index (χ1v) is 5.04. The second-order valence-electron chi connectivity index (χ2n) is 3.60. The van der Waals surface area contributed by atoms with Crippen molar-refractivity contribution in [1.29, 1.82) is 0 Å². The van der Waals surface area contributed by atoms with Crippen LogP contribution in [0.25, 0.3) is 0 Å². The molecule has 0 radical (unpaired) electrons. The number of nitrogen functional groups attached to an aromatic ring is 1. The molecular formula is C9H14N6O. The highest BCUT2D eigenvalue weighted by Gasteiger charge is 2.01. The van der Waals surface area contributed by atoms with Crippen LogP contribution in [-0.2, 0) is 20.1 Å². The summed E-state index contributed by atoms with van der Waals surface area (Å²) in [5, 5.41) is 8.02. The maximum Gasteiger partial charge on any atom is 0.345 e. The Morgan fingerprint density at radius 3 is 2.81 bits per heavy atom. The molecule has 0 spiro atoms. The fourth-order valence-electron chi connectivity index (χ4n) is 1.46. The second kappa shape index (κ2) is 4.21. The van der Waals surface area contributed by atoms with Crippen molar-refractivity contribution >= 4 is 5.82 Å². The summed E-state index contributed by atoms with van der Waals surface area (Å²) in [7, 11) is 1.68. The molecule has 0 aliphatic heterocycles. The van der Waals surface area contributed by atoms with Crippen LogP contribution in [-0.4, -0.2) is 24.1 Å². The zero-order valence-corrected chi connectivity index (χ0v) is 9.08. The Morgan fingerprint density at radius 2 is 2.25 bits per heavy atom. The number of rotatable bonds is 4. The highest BCUT2D eigenvalue weighted by atomic mass is 16.2. The van der Waals surface area contributed by atoms with Gasteiger partial charge in [-0.15, -0.1) is 0 Å². The Balaban J connectivity index is 1.89. The minimum Gasteiger partial charge on any atom is -0.382 e. The van der Waals surface area contributed by atoms with Gasteiger partial charge in [-0.3, -0.25) is 9.25 Å². The van der Waals surface area contributed by atoms with Crippen molar-refractivity contribution in [1.82, 2.24) is 24.1 Å². The molecule has 0 amide bonds. The van der Waals surface area contributed by atoms with Gasteiger partial charge >= 0.3 is 5.69 Å². The number of nitrogens with zero attached hydrogens (tertiary/aromatic N) is 5. The molecule has 0 saturated heterocycles. The fourth-order valence-corrected chi connectivity index (χ4v) is 1.46. The third kappa shape index (κ3) is 2.13. The summed E-state index contributed by atoms with van der Waals surface area (Å²) in [5.41, 5.74) is 5.39. The highest BCUT2D eigenvalue weighted by molar-refractivity contribution is 5.23. The standard InChI is InChI=1S/C9H14N6O/c1-13-7-11-15(9(13)16)5-2-4-14-6-3-8(10)12-14/h3,6-7H,2,4-5H2,1H3,(H2,10,12). The van der Waals surface area contributed by atoms with Crippen LogP contribution in [0.15, 0.2) is 23.4 Å². The smallest absolute Gasteiger partial charge is 0.345 e. The summed E-state index contributed by atoms with van der Waals surface area (Å²) < 4.78 is 4.64. The molecule has 7 nitrogen and oxygen atoms in total. The Kier molecular flexibility index (Phi) is 2.76. The minimum atomic E-state index is -0.0972. The van der Waals surface area contributed by atoms with Gasteiger partial charge in [0.1, 0.15) is 12.1 Å². The number of hydrogen-bond acceptors (Lipinski definition) is 4. The van der Waals surface area contributed by atoms with E-state index in [0.717, 1.165) is 13.0 Å². The average molecular weight is 222 g/mol. The Hall–Kier alpha value is -2.05. The summed E-state index contributed by atoms with van der Waals surface area (Å²) in [6.45, 7) is 1.31. The monoisotopic (exact) mass is 222 g/mol. The van der Waals surface area contributed by atoms with Gasteiger partial charge in [0.25, 0.3) is 0 Å². The summed E-state index contributed by atoms with van der Waals surface area (Å²) >= 11 is 0. The van der Waals surface area contributed by atoms with Crippen LogP contribution in [0.4, 0.5) is 5.82 Å². The Labute approximate surface area is 92.1 Å². The van der Waals surface area contributed by atoms with E-state index >= 15 is 0 Å². The Bertz CT molecular complexity index is 522. The number of anilines is 1. The first kappa shape index (κ1) is 10.5. The van der Waals surface area contributed by atoms with Gasteiger partial charge < -0.3 is 5.73 Å². The van der Waals surface area contributed by atoms with E-state index in [2.05, 4.69) is 10.2 Å². The van der Waals surface area contributed by atoms with E-state index in [-0.39, 0.29) is 5.69 Å². The molecule has 2 aromatic heterocycles. The lowest BCUT2D eigenvalue weighted by Gasteiger charge is -2.00. The molecule has 0 fully saturated rings. The predicted molar refractivity (Wildman–Crippen MR) is 58.7 cm³/mol. The second-order valence-corrected chi connectivity index (χ2v) is 3.60. The largest absolute Gasteiger partial charge is 0.382 e.